The fourth-order valence-corrected chi connectivity index (χ4v) is 3.44. The van der Waals surface area contributed by atoms with Gasteiger partial charge in [0, 0.05) is 18.1 Å². The average molecular weight is 364 g/mol. The summed E-state index contributed by atoms with van der Waals surface area (Å²) >= 11 is 1.65. The normalized spacial score (nSPS) is 11.0. The first kappa shape index (κ1) is 18.0. The number of rotatable bonds is 6. The lowest BCUT2D eigenvalue weighted by Gasteiger charge is -2.05. The molecule has 26 heavy (non-hydrogen) atoms. The molecule has 0 spiro atoms. The minimum atomic E-state index is -0.371. The van der Waals surface area contributed by atoms with Gasteiger partial charge in [-0.1, -0.05) is 60.7 Å². The summed E-state index contributed by atoms with van der Waals surface area (Å²) < 4.78 is 5.21. The maximum absolute atomic E-state index is 11.5. The van der Waals surface area contributed by atoms with Crippen molar-refractivity contribution < 1.29 is 9.53 Å². The van der Waals surface area contributed by atoms with Gasteiger partial charge in [-0.25, -0.2) is 4.79 Å². The van der Waals surface area contributed by atoms with Gasteiger partial charge in [-0.15, -0.1) is 10.2 Å². The summed E-state index contributed by atoms with van der Waals surface area (Å²) in [6.07, 6.45) is 5.10. The number of hydrogen-bond acceptors (Lipinski definition) is 5. The highest BCUT2D eigenvalue weighted by molar-refractivity contribution is 7.14. The Morgan fingerprint density at radius 3 is 2.23 bits per heavy atom. The van der Waals surface area contributed by atoms with Gasteiger partial charge in [0.25, 0.3) is 0 Å². The summed E-state index contributed by atoms with van der Waals surface area (Å²) in [7, 11) is 0. The number of allylic oxidation sites excluding steroid dienone is 1. The number of benzene rings is 2. The first-order chi connectivity index (χ1) is 12.7. The lowest BCUT2D eigenvalue weighted by atomic mass is 10.0. The maximum atomic E-state index is 11.5. The Morgan fingerprint density at radius 1 is 1.00 bits per heavy atom. The van der Waals surface area contributed by atoms with Crippen LogP contribution < -0.4 is 4.74 Å². The third-order valence-corrected chi connectivity index (χ3v) is 4.80. The largest absolute Gasteiger partial charge is 0.423 e. The Hall–Kier alpha value is -2.79. The molecule has 2 aromatic carbocycles. The number of aryl methyl sites for hydroxylation is 1. The van der Waals surface area contributed by atoms with E-state index in [0.29, 0.717) is 5.75 Å². The van der Waals surface area contributed by atoms with Crippen molar-refractivity contribution in [3.05, 3.63) is 65.7 Å². The van der Waals surface area contributed by atoms with Crippen molar-refractivity contribution >= 4 is 17.3 Å². The number of carbonyl (C=O) groups excluding carboxylic acids is 1. The summed E-state index contributed by atoms with van der Waals surface area (Å²) in [5.74, 6) is 0.162. The monoisotopic (exact) mass is 364 g/mol. The summed E-state index contributed by atoms with van der Waals surface area (Å²) in [4.78, 5) is 11.5. The molecule has 0 atom stereocenters. The third kappa shape index (κ3) is 4.43. The number of hydrogen-bond donors (Lipinski definition) is 0. The lowest BCUT2D eigenvalue weighted by Crippen LogP contribution is -2.03. The van der Waals surface area contributed by atoms with Crippen LogP contribution in [0.4, 0.5) is 0 Å². The van der Waals surface area contributed by atoms with E-state index >= 15 is 0 Å². The molecule has 4 nitrogen and oxygen atoms in total. The summed E-state index contributed by atoms with van der Waals surface area (Å²) in [6.45, 7) is 3.92. The van der Waals surface area contributed by atoms with Crippen molar-refractivity contribution in [2.75, 3.05) is 0 Å². The van der Waals surface area contributed by atoms with Crippen molar-refractivity contribution in [1.82, 2.24) is 10.2 Å². The molecule has 3 aromatic rings. The van der Waals surface area contributed by atoms with Crippen LogP contribution in [-0.4, -0.2) is 16.2 Å². The van der Waals surface area contributed by atoms with Crippen molar-refractivity contribution in [2.24, 2.45) is 0 Å². The van der Waals surface area contributed by atoms with Crippen LogP contribution in [0.25, 0.3) is 21.7 Å². The predicted molar refractivity (Wildman–Crippen MR) is 105 cm³/mol. The molecule has 0 bridgehead atoms. The molecule has 5 heteroatoms. The molecule has 0 saturated carbocycles. The number of aromatic nitrogens is 2. The van der Waals surface area contributed by atoms with Gasteiger partial charge >= 0.3 is 5.97 Å². The van der Waals surface area contributed by atoms with E-state index in [1.807, 2.05) is 12.1 Å². The fourth-order valence-electron chi connectivity index (χ4n) is 2.49. The number of carbonyl (C=O) groups is 1. The maximum Gasteiger partial charge on any atom is 0.335 e. The molecule has 0 unspecified atom stereocenters. The van der Waals surface area contributed by atoms with Crippen LogP contribution in [0, 0.1) is 0 Å². The van der Waals surface area contributed by atoms with E-state index in [4.69, 9.17) is 4.74 Å². The summed E-state index contributed by atoms with van der Waals surface area (Å²) in [5, 5.41) is 10.5. The Bertz CT molecular complexity index is 897. The van der Waals surface area contributed by atoms with E-state index in [1.54, 1.807) is 36.5 Å². The summed E-state index contributed by atoms with van der Waals surface area (Å²) in [6, 6.07) is 15.7. The van der Waals surface area contributed by atoms with Crippen LogP contribution in [0.1, 0.15) is 25.3 Å². The second-order valence-electron chi connectivity index (χ2n) is 5.77. The SMILES string of the molecule is C/C=C/C(=O)Oc1ccc(-c2ccc(-c3nnc(CCC)s3)cc2)cc1. The zero-order valence-corrected chi connectivity index (χ0v) is 15.6. The van der Waals surface area contributed by atoms with Gasteiger partial charge in [-0.05, 0) is 36.6 Å². The van der Waals surface area contributed by atoms with Crippen molar-refractivity contribution in [3.8, 4) is 27.4 Å². The third-order valence-electron chi connectivity index (χ3n) is 3.77. The second kappa shape index (κ2) is 8.54. The van der Waals surface area contributed by atoms with Crippen LogP contribution in [0.3, 0.4) is 0 Å². The van der Waals surface area contributed by atoms with Crippen molar-refractivity contribution in [1.29, 1.82) is 0 Å². The molecule has 3 rings (SSSR count). The zero-order valence-electron chi connectivity index (χ0n) is 14.8. The number of ether oxygens (including phenoxy) is 1. The van der Waals surface area contributed by atoms with Gasteiger partial charge in [0.1, 0.15) is 15.8 Å². The predicted octanol–water partition coefficient (Wildman–Crippen LogP) is 5.31. The number of esters is 1. The molecular formula is C21H20N2O2S. The molecule has 1 aromatic heterocycles. The minimum Gasteiger partial charge on any atom is -0.423 e. The van der Waals surface area contributed by atoms with Gasteiger partial charge in [0.2, 0.25) is 0 Å². The minimum absolute atomic E-state index is 0.371. The fraction of sp³-hybridized carbons (Fsp3) is 0.190. The van der Waals surface area contributed by atoms with Crippen LogP contribution in [0.15, 0.2) is 60.7 Å². The molecule has 0 aliphatic heterocycles. The standard InChI is InChI=1S/C21H20N2O2S/c1-3-5-19-22-23-21(26-19)17-9-7-15(8-10-17)16-11-13-18(14-12-16)25-20(24)6-4-2/h4,6-14H,3,5H2,1-2H3/b6-4+. The molecule has 0 aliphatic carbocycles. The van der Waals surface area contributed by atoms with Crippen LogP contribution in [-0.2, 0) is 11.2 Å². The highest BCUT2D eigenvalue weighted by Crippen LogP contribution is 2.28. The Labute approximate surface area is 157 Å². The topological polar surface area (TPSA) is 52.1 Å². The molecule has 132 valence electrons. The Morgan fingerprint density at radius 2 is 1.62 bits per heavy atom. The molecular weight excluding hydrogens is 344 g/mol. The highest BCUT2D eigenvalue weighted by atomic mass is 32.1. The van der Waals surface area contributed by atoms with E-state index in [-0.39, 0.29) is 5.97 Å². The Balaban J connectivity index is 1.72. The van der Waals surface area contributed by atoms with E-state index < -0.39 is 0 Å². The van der Waals surface area contributed by atoms with Crippen LogP contribution >= 0.6 is 11.3 Å². The van der Waals surface area contributed by atoms with Gasteiger partial charge in [-0.3, -0.25) is 0 Å². The Kier molecular flexibility index (Phi) is 5.92. The lowest BCUT2D eigenvalue weighted by molar-refractivity contribution is -0.129. The van der Waals surface area contributed by atoms with Crippen LogP contribution in [0.5, 0.6) is 5.75 Å². The molecule has 0 saturated heterocycles. The van der Waals surface area contributed by atoms with Gasteiger partial charge in [0.15, 0.2) is 0 Å². The molecule has 0 radical (unpaired) electrons. The first-order valence-corrected chi connectivity index (χ1v) is 9.39. The molecule has 1 heterocycles. The molecule has 0 amide bonds. The first-order valence-electron chi connectivity index (χ1n) is 8.57. The number of nitrogens with zero attached hydrogens (tertiary/aromatic N) is 2. The van der Waals surface area contributed by atoms with Gasteiger partial charge < -0.3 is 4.74 Å². The molecule has 0 aliphatic rings. The smallest absolute Gasteiger partial charge is 0.335 e. The van der Waals surface area contributed by atoms with E-state index in [2.05, 4.69) is 41.4 Å². The summed E-state index contributed by atoms with van der Waals surface area (Å²) in [5.41, 5.74) is 3.23. The van der Waals surface area contributed by atoms with Crippen LogP contribution in [0.2, 0.25) is 0 Å². The van der Waals surface area contributed by atoms with Crippen molar-refractivity contribution in [2.45, 2.75) is 26.7 Å². The second-order valence-corrected chi connectivity index (χ2v) is 6.84. The van der Waals surface area contributed by atoms with Gasteiger partial charge in [-0.2, -0.15) is 0 Å². The molecule has 0 fully saturated rings. The van der Waals surface area contributed by atoms with Crippen molar-refractivity contribution in [3.63, 3.8) is 0 Å². The van der Waals surface area contributed by atoms with E-state index in [1.165, 1.54) is 6.08 Å². The average Bonchev–Trinajstić information content (AvgIpc) is 3.12. The van der Waals surface area contributed by atoms with Gasteiger partial charge in [0.05, 0.1) is 0 Å². The highest BCUT2D eigenvalue weighted by Gasteiger charge is 2.07. The zero-order chi connectivity index (χ0) is 18.4. The van der Waals surface area contributed by atoms with E-state index in [9.17, 15) is 4.79 Å². The van der Waals surface area contributed by atoms with E-state index in [0.717, 1.165) is 39.5 Å². The quantitative estimate of drug-likeness (QED) is 0.338. The molecule has 0 N–H and O–H groups in total.